The minimum Gasteiger partial charge on any atom is -0.497 e. The normalized spacial score (nSPS) is 18.5. The second-order valence-corrected chi connectivity index (χ2v) is 22.3. The Kier molecular flexibility index (Phi) is 32.7. The van der Waals surface area contributed by atoms with Crippen LogP contribution in [0, 0.1) is 17.8 Å². The molecule has 4 aromatic carbocycles. The van der Waals surface area contributed by atoms with Gasteiger partial charge in [0.05, 0.1) is 58.4 Å². The van der Waals surface area contributed by atoms with E-state index >= 15 is 0 Å². The molecule has 1 saturated heterocycles. The molecule has 4 aromatic rings. The maximum Gasteiger partial charge on any atom is 0.251 e. The summed E-state index contributed by atoms with van der Waals surface area (Å²) in [5.74, 6) is 1.43. The number of amides is 2. The molecule has 0 aromatic heterocycles. The number of carbonyl (C=O) groups is 2. The van der Waals surface area contributed by atoms with Crippen molar-refractivity contribution in [2.24, 2.45) is 17.8 Å². The van der Waals surface area contributed by atoms with Gasteiger partial charge in [-0.3, -0.25) is 9.59 Å². The first kappa shape index (κ1) is 64.2. The van der Waals surface area contributed by atoms with E-state index in [9.17, 15) is 9.59 Å². The van der Waals surface area contributed by atoms with Gasteiger partial charge in [-0.2, -0.15) is 0 Å². The smallest absolute Gasteiger partial charge is 0.251 e. The predicted octanol–water partition coefficient (Wildman–Crippen LogP) is 15.9. The first-order chi connectivity index (χ1) is 38.2. The van der Waals surface area contributed by atoms with Crippen LogP contribution in [-0.4, -0.2) is 69.3 Å². The molecule has 0 aliphatic carbocycles. The molecule has 2 amide bonds. The molecule has 1 aliphatic rings. The van der Waals surface area contributed by atoms with Crippen molar-refractivity contribution in [2.45, 2.75) is 226 Å². The molecule has 78 heavy (non-hydrogen) atoms. The molecule has 432 valence electrons. The molecular formula is C68H102N2O8. The number of methoxy groups -OCH3 is 1. The van der Waals surface area contributed by atoms with E-state index in [0.29, 0.717) is 50.9 Å². The lowest BCUT2D eigenvalue weighted by molar-refractivity contribution is -0.262. The molecule has 2 N–H and O–H groups in total. The Balaban J connectivity index is 1.21. The van der Waals surface area contributed by atoms with Gasteiger partial charge in [0, 0.05) is 24.4 Å². The average molecular weight is 1080 g/mol. The van der Waals surface area contributed by atoms with E-state index in [4.69, 9.17) is 28.4 Å². The largest absolute Gasteiger partial charge is 0.497 e. The molecule has 0 bridgehead atoms. The third kappa shape index (κ3) is 25.7. The number of carbonyl (C=O) groups excluding carboxylic acids is 2. The van der Waals surface area contributed by atoms with Crippen LogP contribution in [0.3, 0.4) is 0 Å². The van der Waals surface area contributed by atoms with Crippen LogP contribution in [-0.2, 0) is 48.3 Å². The van der Waals surface area contributed by atoms with Crippen LogP contribution in [0.5, 0.6) is 5.75 Å². The van der Waals surface area contributed by atoms with Gasteiger partial charge in [-0.25, -0.2) is 0 Å². The van der Waals surface area contributed by atoms with Crippen molar-refractivity contribution in [2.75, 3.05) is 26.9 Å². The number of ether oxygens (including phenoxy) is 6. The lowest BCUT2D eigenvalue weighted by Gasteiger charge is -2.44. The van der Waals surface area contributed by atoms with Crippen molar-refractivity contribution in [3.63, 3.8) is 0 Å². The minimum atomic E-state index is -0.492. The predicted molar refractivity (Wildman–Crippen MR) is 317 cm³/mol. The molecule has 2 unspecified atom stereocenters. The molecule has 10 heteroatoms. The molecule has 1 heterocycles. The van der Waals surface area contributed by atoms with E-state index in [1.807, 2.05) is 54.6 Å². The zero-order chi connectivity index (χ0) is 55.3. The zero-order valence-electron chi connectivity index (χ0n) is 48.9. The number of benzene rings is 4. The summed E-state index contributed by atoms with van der Waals surface area (Å²) >= 11 is 0. The van der Waals surface area contributed by atoms with Gasteiger partial charge in [0.15, 0.2) is 6.29 Å². The number of hydrogen-bond acceptors (Lipinski definition) is 8. The van der Waals surface area contributed by atoms with Crippen LogP contribution in [0.2, 0.25) is 0 Å². The summed E-state index contributed by atoms with van der Waals surface area (Å²) in [6, 6.07) is 37.7. The molecule has 10 nitrogen and oxygen atoms in total. The van der Waals surface area contributed by atoms with Crippen LogP contribution in [0.4, 0.5) is 0 Å². The molecular weight excluding hydrogens is 973 g/mol. The Labute approximate surface area is 472 Å². The molecule has 1 aliphatic heterocycles. The highest BCUT2D eigenvalue weighted by Gasteiger charge is 2.41. The maximum atomic E-state index is 14.3. The van der Waals surface area contributed by atoms with Crippen LogP contribution < -0.4 is 15.4 Å². The Hall–Kier alpha value is -4.58. The SMILES string of the molecule is CCCCCCCCCCCCCC[C@@H](OCc1ccccc1)[C@@H](OCc1ccccc1)[C@H](CO[C@H]1OC(COCc2ccccc2)[C@H](C)[C@H](C)C1C)NC(=O)CCCCCCCCCCCNC(=O)c1ccc(OC)cc1. The van der Waals surface area contributed by atoms with Crippen LogP contribution in [0.15, 0.2) is 115 Å². The summed E-state index contributed by atoms with van der Waals surface area (Å²) < 4.78 is 39.3. The van der Waals surface area contributed by atoms with Crippen molar-refractivity contribution < 1.29 is 38.0 Å². The Morgan fingerprint density at radius 3 is 1.60 bits per heavy atom. The number of hydrogen-bond donors (Lipinski definition) is 2. The highest BCUT2D eigenvalue weighted by molar-refractivity contribution is 5.94. The van der Waals surface area contributed by atoms with Crippen molar-refractivity contribution >= 4 is 11.8 Å². The fourth-order valence-electron chi connectivity index (χ4n) is 10.7. The second kappa shape index (κ2) is 39.7. The van der Waals surface area contributed by atoms with Crippen molar-refractivity contribution in [3.8, 4) is 5.75 Å². The summed E-state index contributed by atoms with van der Waals surface area (Å²) in [5.41, 5.74) is 3.96. The van der Waals surface area contributed by atoms with Gasteiger partial charge < -0.3 is 39.1 Å². The molecule has 1 fully saturated rings. The van der Waals surface area contributed by atoms with E-state index < -0.39 is 18.4 Å². The van der Waals surface area contributed by atoms with Gasteiger partial charge in [0.25, 0.3) is 5.91 Å². The average Bonchev–Trinajstić information content (AvgIpc) is 3.49. The number of unbranched alkanes of at least 4 members (excludes halogenated alkanes) is 19. The highest BCUT2D eigenvalue weighted by atomic mass is 16.7. The molecule has 5 rings (SSSR count). The molecule has 0 radical (unpaired) electrons. The molecule has 8 atom stereocenters. The van der Waals surface area contributed by atoms with Crippen molar-refractivity contribution in [1.82, 2.24) is 10.6 Å². The van der Waals surface area contributed by atoms with E-state index in [1.165, 1.54) is 77.0 Å². The van der Waals surface area contributed by atoms with Gasteiger partial charge in [-0.1, -0.05) is 241 Å². The number of nitrogens with one attached hydrogen (secondary N) is 2. The summed E-state index contributed by atoms with van der Waals surface area (Å²) in [6.07, 6.45) is 24.8. The van der Waals surface area contributed by atoms with Crippen LogP contribution in [0.25, 0.3) is 0 Å². The van der Waals surface area contributed by atoms with Crippen LogP contribution in [0.1, 0.15) is 202 Å². The summed E-state index contributed by atoms with van der Waals surface area (Å²) in [7, 11) is 1.62. The topological polar surface area (TPSA) is 114 Å². The quantitative estimate of drug-likeness (QED) is 0.0422. The first-order valence-corrected chi connectivity index (χ1v) is 30.7. The van der Waals surface area contributed by atoms with E-state index in [-0.39, 0.29) is 42.5 Å². The molecule has 0 saturated carbocycles. The second-order valence-electron chi connectivity index (χ2n) is 22.3. The third-order valence-electron chi connectivity index (χ3n) is 16.1. The summed E-state index contributed by atoms with van der Waals surface area (Å²) in [5, 5.41) is 6.53. The van der Waals surface area contributed by atoms with Gasteiger partial charge in [-0.05, 0) is 72.1 Å². The van der Waals surface area contributed by atoms with Crippen molar-refractivity contribution in [1.29, 1.82) is 0 Å². The maximum absolute atomic E-state index is 14.3. The monoisotopic (exact) mass is 1070 g/mol. The van der Waals surface area contributed by atoms with Crippen LogP contribution >= 0.6 is 0 Å². The standard InChI is InChI=1S/C68H102N2O8/c1-6-7-8-9-10-11-12-13-15-18-21-33-42-63(75-50-58-38-29-25-30-39-58)66(76-51-59-40-31-26-32-41-59)62(52-77-68-56(4)54(2)55(3)64(78-68)53-74-49-57-36-27-24-28-37-57)70-65(71)43-34-22-19-16-14-17-20-23-35-48-69-67(72)60-44-46-61(73-5)47-45-60/h24-32,36-41,44-47,54-56,62-64,66,68H,6-23,33-35,42-43,48-53H2,1-5H3,(H,69,72)(H,70,71)/t54-,55+,56?,62-,63+,64?,66-,68-/m0/s1. The first-order valence-electron chi connectivity index (χ1n) is 30.7. The third-order valence-corrected chi connectivity index (χ3v) is 16.1. The van der Waals surface area contributed by atoms with Gasteiger partial charge >= 0.3 is 0 Å². The summed E-state index contributed by atoms with van der Waals surface area (Å²) in [4.78, 5) is 26.8. The minimum absolute atomic E-state index is 0.00922. The Bertz CT molecular complexity index is 2110. The fourth-order valence-corrected chi connectivity index (χ4v) is 10.7. The fraction of sp³-hybridized carbons (Fsp3) is 0.618. The lowest BCUT2D eigenvalue weighted by Crippen LogP contribution is -2.54. The Morgan fingerprint density at radius 1 is 0.551 bits per heavy atom. The van der Waals surface area contributed by atoms with Gasteiger partial charge in [-0.15, -0.1) is 0 Å². The van der Waals surface area contributed by atoms with E-state index in [2.05, 4.69) is 86.9 Å². The lowest BCUT2D eigenvalue weighted by atomic mass is 9.79. The van der Waals surface area contributed by atoms with Crippen molar-refractivity contribution in [3.05, 3.63) is 138 Å². The summed E-state index contributed by atoms with van der Waals surface area (Å²) in [6.45, 7) is 11.8. The highest BCUT2D eigenvalue weighted by Crippen LogP contribution is 2.36. The molecule has 0 spiro atoms. The Morgan fingerprint density at radius 2 is 1.05 bits per heavy atom. The van der Waals surface area contributed by atoms with E-state index in [0.717, 1.165) is 86.6 Å². The van der Waals surface area contributed by atoms with Gasteiger partial charge in [0.2, 0.25) is 5.91 Å². The van der Waals surface area contributed by atoms with E-state index in [1.54, 1.807) is 19.2 Å². The zero-order valence-corrected chi connectivity index (χ0v) is 48.9. The van der Waals surface area contributed by atoms with Gasteiger partial charge in [0.1, 0.15) is 11.9 Å². The number of rotatable bonds is 43.